The topological polar surface area (TPSA) is 140 Å². The normalized spacial score (nSPS) is 12.2. The number of carbonyl (C=O) groups is 1. The first-order valence-electron chi connectivity index (χ1n) is 10.3. The summed E-state index contributed by atoms with van der Waals surface area (Å²) in [6, 6.07) is 15.4. The van der Waals surface area contributed by atoms with E-state index in [0.717, 1.165) is 24.6 Å². The van der Waals surface area contributed by atoms with Gasteiger partial charge in [-0.25, -0.2) is 5.43 Å². The molecule has 9 nitrogen and oxygen atoms in total. The molecule has 16 heteroatoms. The molecule has 0 saturated heterocycles. The minimum atomic E-state index is -4.67. The van der Waals surface area contributed by atoms with Crippen LogP contribution in [0.25, 0.3) is 0 Å². The van der Waals surface area contributed by atoms with Crippen LogP contribution in [0.15, 0.2) is 83.0 Å². The number of carbonyl (C=O) groups excluding carboxylic acids is 1. The zero-order valence-electron chi connectivity index (χ0n) is 19.3. The second-order valence-electron chi connectivity index (χ2n) is 7.26. The van der Waals surface area contributed by atoms with Gasteiger partial charge in [0.1, 0.15) is 0 Å². The maximum absolute atomic E-state index is 13.0. The van der Waals surface area contributed by atoms with E-state index in [9.17, 15) is 31.1 Å². The van der Waals surface area contributed by atoms with Gasteiger partial charge in [0.05, 0.1) is 29.2 Å². The van der Waals surface area contributed by atoms with Crippen LogP contribution >= 0.6 is 0 Å². The van der Waals surface area contributed by atoms with Crippen molar-refractivity contribution >= 4 is 34.4 Å². The summed E-state index contributed by atoms with van der Waals surface area (Å²) in [6.45, 7) is 0. The van der Waals surface area contributed by atoms with Gasteiger partial charge in [-0.1, -0.05) is 36.4 Å². The molecular formula is C23H18F6N4O5S. The monoisotopic (exact) mass is 576 g/mol. The summed E-state index contributed by atoms with van der Waals surface area (Å²) >= 11 is 0. The number of hydrogen-bond donors (Lipinski definition) is 4. The Bertz CT molecular complexity index is 1430. The van der Waals surface area contributed by atoms with E-state index in [2.05, 4.69) is 21.1 Å². The number of nitrogens with one attached hydrogen (secondary N) is 2. The zero-order chi connectivity index (χ0) is 29.3. The van der Waals surface area contributed by atoms with Crippen molar-refractivity contribution in [3.63, 3.8) is 0 Å². The van der Waals surface area contributed by atoms with Gasteiger partial charge in [0, 0.05) is 16.7 Å². The Labute approximate surface area is 217 Å². The molecular weight excluding hydrogens is 558 g/mol. The fourth-order valence-electron chi connectivity index (χ4n) is 2.83. The summed E-state index contributed by atoms with van der Waals surface area (Å²) in [7, 11) is -4.67. The fraction of sp³-hybridized carbons (Fsp3) is 0.0870. The third-order valence-electron chi connectivity index (χ3n) is 4.45. The number of nitrogens with zero attached hydrogens (tertiary/aromatic N) is 2. The van der Waals surface area contributed by atoms with E-state index in [-0.39, 0.29) is 16.7 Å². The highest BCUT2D eigenvalue weighted by Crippen LogP contribution is 2.32. The maximum atomic E-state index is 13.0. The van der Waals surface area contributed by atoms with Gasteiger partial charge in [-0.05, 0) is 36.4 Å². The summed E-state index contributed by atoms with van der Waals surface area (Å²) in [6.07, 6.45) is -7.16. The summed E-state index contributed by atoms with van der Waals surface area (Å²) in [5.41, 5.74) is 3.19. The molecule has 0 aromatic heterocycles. The van der Waals surface area contributed by atoms with Crippen molar-refractivity contribution in [1.29, 1.82) is 0 Å². The second-order valence-corrected chi connectivity index (χ2v) is 8.16. The number of amides is 1. The Balaban J connectivity index is 0.000000976. The Hall–Kier alpha value is -4.28. The van der Waals surface area contributed by atoms with Gasteiger partial charge in [-0.3, -0.25) is 19.3 Å². The van der Waals surface area contributed by atoms with Gasteiger partial charge >= 0.3 is 22.8 Å². The lowest BCUT2D eigenvalue weighted by Crippen LogP contribution is -2.18. The molecule has 1 amide bonds. The first-order chi connectivity index (χ1) is 18.1. The van der Waals surface area contributed by atoms with Crippen LogP contribution in [-0.2, 0) is 22.8 Å². The van der Waals surface area contributed by atoms with Crippen molar-refractivity contribution in [3.05, 3.63) is 101 Å². The first-order valence-corrected chi connectivity index (χ1v) is 11.7. The van der Waals surface area contributed by atoms with E-state index in [0.29, 0.717) is 5.69 Å². The molecule has 0 aliphatic heterocycles. The van der Waals surface area contributed by atoms with Crippen LogP contribution in [0.5, 0.6) is 0 Å². The molecule has 0 aliphatic carbocycles. The molecule has 0 heterocycles. The Morgan fingerprint density at radius 2 is 1.13 bits per heavy atom. The third kappa shape index (κ3) is 10.9. The highest BCUT2D eigenvalue weighted by atomic mass is 32.3. The average molecular weight is 576 g/mol. The van der Waals surface area contributed by atoms with Crippen molar-refractivity contribution < 1.29 is 48.7 Å². The molecule has 208 valence electrons. The Morgan fingerprint density at radius 1 is 0.718 bits per heavy atom. The molecule has 0 spiro atoms. The van der Waals surface area contributed by atoms with Crippen molar-refractivity contribution in [3.8, 4) is 0 Å². The number of benzene rings is 3. The number of hydrazone groups is 2. The van der Waals surface area contributed by atoms with Crippen molar-refractivity contribution in [2.75, 3.05) is 5.43 Å². The number of alkyl halides is 6. The molecule has 3 aromatic rings. The van der Waals surface area contributed by atoms with Crippen molar-refractivity contribution in [1.82, 2.24) is 5.43 Å². The number of rotatable bonds is 6. The van der Waals surface area contributed by atoms with Crippen LogP contribution in [0, 0.1) is 0 Å². The molecule has 0 saturated carbocycles. The molecule has 0 bridgehead atoms. The van der Waals surface area contributed by atoms with E-state index >= 15 is 0 Å². The number of hydrogen-bond acceptors (Lipinski definition) is 6. The summed E-state index contributed by atoms with van der Waals surface area (Å²) in [5, 5.41) is 7.35. The largest absolute Gasteiger partial charge is 0.417 e. The molecule has 3 aromatic carbocycles. The molecule has 4 N–H and O–H groups in total. The fourth-order valence-corrected chi connectivity index (χ4v) is 2.83. The van der Waals surface area contributed by atoms with Crippen LogP contribution < -0.4 is 10.9 Å². The van der Waals surface area contributed by atoms with Crippen LogP contribution in [0.3, 0.4) is 0 Å². The van der Waals surface area contributed by atoms with E-state index < -0.39 is 39.8 Å². The van der Waals surface area contributed by atoms with Crippen LogP contribution in [0.4, 0.5) is 32.0 Å². The predicted molar refractivity (Wildman–Crippen MR) is 130 cm³/mol. The van der Waals surface area contributed by atoms with E-state index in [1.54, 1.807) is 0 Å². The third-order valence-corrected chi connectivity index (χ3v) is 4.45. The highest BCUT2D eigenvalue weighted by Gasteiger charge is 2.33. The molecule has 3 rings (SSSR count). The van der Waals surface area contributed by atoms with Gasteiger partial charge in [0.25, 0.3) is 5.91 Å². The standard InChI is InChI=1S/C23H16F6N4O.H2O4S/c24-22(25,26)19-7-3-1-5-16(19)13-30-32-18-11-9-15(10-12-18)21(34)33-31-14-17-6-2-4-8-20(17)23(27,28)29;1-5(2,3)4/h1-14,32H,(H,33,34);(H2,1,2,3,4)/b30-13+,31-14+;. The zero-order valence-corrected chi connectivity index (χ0v) is 20.1. The van der Waals surface area contributed by atoms with Crippen molar-refractivity contribution in [2.45, 2.75) is 12.4 Å². The molecule has 0 fully saturated rings. The quantitative estimate of drug-likeness (QED) is 0.136. The lowest BCUT2D eigenvalue weighted by atomic mass is 10.1. The van der Waals surface area contributed by atoms with Gasteiger partial charge in [0.15, 0.2) is 0 Å². The van der Waals surface area contributed by atoms with E-state index in [1.165, 1.54) is 60.7 Å². The predicted octanol–water partition coefficient (Wildman–Crippen LogP) is 5.28. The smallest absolute Gasteiger partial charge is 0.279 e. The maximum Gasteiger partial charge on any atom is 0.417 e. The minimum absolute atomic E-state index is 0.122. The molecule has 0 atom stereocenters. The van der Waals surface area contributed by atoms with Gasteiger partial charge < -0.3 is 0 Å². The second kappa shape index (κ2) is 13.0. The minimum Gasteiger partial charge on any atom is -0.279 e. The molecule has 39 heavy (non-hydrogen) atoms. The van der Waals surface area contributed by atoms with Crippen LogP contribution in [0.2, 0.25) is 0 Å². The van der Waals surface area contributed by atoms with Gasteiger partial charge in [-0.2, -0.15) is 45.0 Å². The molecule has 0 unspecified atom stereocenters. The Morgan fingerprint density at radius 3 is 1.56 bits per heavy atom. The van der Waals surface area contributed by atoms with Gasteiger partial charge in [0.2, 0.25) is 0 Å². The van der Waals surface area contributed by atoms with E-state index in [4.69, 9.17) is 17.5 Å². The van der Waals surface area contributed by atoms with Gasteiger partial charge in [-0.15, -0.1) is 0 Å². The number of halogens is 6. The van der Waals surface area contributed by atoms with Crippen LogP contribution in [-0.4, -0.2) is 35.9 Å². The lowest BCUT2D eigenvalue weighted by molar-refractivity contribution is -0.138. The molecule has 0 aliphatic rings. The SMILES string of the molecule is O=C(N/N=C/c1ccccc1C(F)(F)F)c1ccc(N/N=C/c2ccccc2C(F)(F)F)cc1.O=S(=O)(O)O. The highest BCUT2D eigenvalue weighted by molar-refractivity contribution is 7.79. The first kappa shape index (κ1) is 30.9. The summed E-state index contributed by atoms with van der Waals surface area (Å²) in [4.78, 5) is 12.2. The van der Waals surface area contributed by atoms with Crippen molar-refractivity contribution in [2.24, 2.45) is 10.2 Å². The van der Waals surface area contributed by atoms with E-state index in [1.807, 2.05) is 0 Å². The molecule has 0 radical (unpaired) electrons. The average Bonchev–Trinajstić information content (AvgIpc) is 2.83. The summed E-state index contributed by atoms with van der Waals surface area (Å²) in [5.74, 6) is -0.671. The Kier molecular flexibility index (Phi) is 10.3. The lowest BCUT2D eigenvalue weighted by Gasteiger charge is -2.09. The number of anilines is 1. The van der Waals surface area contributed by atoms with Crippen LogP contribution in [0.1, 0.15) is 32.6 Å². The summed E-state index contributed by atoms with van der Waals surface area (Å²) < 4.78 is 110.